The minimum atomic E-state index is -0.441. The Hall–Kier alpha value is -2.49. The van der Waals surface area contributed by atoms with Gasteiger partial charge in [-0.25, -0.2) is 4.79 Å². The molecule has 0 unspecified atom stereocenters. The summed E-state index contributed by atoms with van der Waals surface area (Å²) in [6.07, 6.45) is 0. The molecule has 0 aliphatic carbocycles. The third kappa shape index (κ3) is 3.25. The third-order valence-corrected chi connectivity index (χ3v) is 2.69. The van der Waals surface area contributed by atoms with Crippen molar-refractivity contribution in [3.63, 3.8) is 0 Å². The predicted molar refractivity (Wildman–Crippen MR) is 73.0 cm³/mol. The van der Waals surface area contributed by atoms with Gasteiger partial charge in [-0.1, -0.05) is 30.3 Å². The van der Waals surface area contributed by atoms with Gasteiger partial charge < -0.3 is 15.2 Å². The SMILES string of the molecule is COc1ccc(C(=O)OCc2ccccc2)c(N)c1. The minimum absolute atomic E-state index is 0.227. The van der Waals surface area contributed by atoms with Gasteiger partial charge in [0.05, 0.1) is 12.7 Å². The van der Waals surface area contributed by atoms with Crippen LogP contribution in [0.4, 0.5) is 5.69 Å². The van der Waals surface area contributed by atoms with Gasteiger partial charge in [0.2, 0.25) is 0 Å². The average Bonchev–Trinajstić information content (AvgIpc) is 2.45. The zero-order valence-corrected chi connectivity index (χ0v) is 10.6. The maximum atomic E-state index is 11.9. The molecule has 4 heteroatoms. The number of rotatable bonds is 4. The molecular weight excluding hydrogens is 242 g/mol. The maximum absolute atomic E-state index is 11.9. The Balaban J connectivity index is 2.04. The summed E-state index contributed by atoms with van der Waals surface area (Å²) in [5.41, 5.74) is 7.41. The fraction of sp³-hybridized carbons (Fsp3) is 0.133. The maximum Gasteiger partial charge on any atom is 0.340 e. The summed E-state index contributed by atoms with van der Waals surface area (Å²) < 4.78 is 10.2. The number of hydrogen-bond acceptors (Lipinski definition) is 4. The molecule has 2 aromatic rings. The quantitative estimate of drug-likeness (QED) is 0.675. The van der Waals surface area contributed by atoms with Crippen LogP contribution in [0.1, 0.15) is 15.9 Å². The van der Waals surface area contributed by atoms with Crippen LogP contribution in [0.15, 0.2) is 48.5 Å². The summed E-state index contributed by atoms with van der Waals surface area (Å²) in [6.45, 7) is 0.227. The second-order valence-corrected chi connectivity index (χ2v) is 4.01. The number of carbonyl (C=O) groups excluding carboxylic acids is 1. The zero-order chi connectivity index (χ0) is 13.7. The van der Waals surface area contributed by atoms with E-state index >= 15 is 0 Å². The Morgan fingerprint density at radius 1 is 1.16 bits per heavy atom. The first-order valence-electron chi connectivity index (χ1n) is 5.85. The molecule has 0 fully saturated rings. The topological polar surface area (TPSA) is 61.5 Å². The largest absolute Gasteiger partial charge is 0.497 e. The monoisotopic (exact) mass is 257 g/mol. The first-order valence-corrected chi connectivity index (χ1v) is 5.85. The van der Waals surface area contributed by atoms with E-state index in [2.05, 4.69) is 0 Å². The zero-order valence-electron chi connectivity index (χ0n) is 10.6. The van der Waals surface area contributed by atoms with E-state index in [9.17, 15) is 4.79 Å². The summed E-state index contributed by atoms with van der Waals surface area (Å²) in [4.78, 5) is 11.9. The van der Waals surface area contributed by atoms with E-state index in [0.717, 1.165) is 5.56 Å². The van der Waals surface area contributed by atoms with Crippen molar-refractivity contribution in [1.82, 2.24) is 0 Å². The minimum Gasteiger partial charge on any atom is -0.497 e. The van der Waals surface area contributed by atoms with Gasteiger partial charge in [-0.2, -0.15) is 0 Å². The number of benzene rings is 2. The number of esters is 1. The highest BCUT2D eigenvalue weighted by Crippen LogP contribution is 2.20. The molecule has 0 aromatic heterocycles. The molecule has 0 aliphatic heterocycles. The molecule has 0 saturated carbocycles. The van der Waals surface area contributed by atoms with Gasteiger partial charge >= 0.3 is 5.97 Å². The highest BCUT2D eigenvalue weighted by Gasteiger charge is 2.12. The molecule has 4 nitrogen and oxygen atoms in total. The molecule has 0 spiro atoms. The molecule has 0 amide bonds. The summed E-state index contributed by atoms with van der Waals surface area (Å²) >= 11 is 0. The summed E-state index contributed by atoms with van der Waals surface area (Å²) in [5.74, 6) is 0.168. The van der Waals surface area contributed by atoms with Crippen molar-refractivity contribution in [1.29, 1.82) is 0 Å². The van der Waals surface area contributed by atoms with Crippen LogP contribution in [0.2, 0.25) is 0 Å². The number of carbonyl (C=O) groups is 1. The van der Waals surface area contributed by atoms with Crippen LogP contribution >= 0.6 is 0 Å². The molecule has 0 atom stereocenters. The van der Waals surface area contributed by atoms with Crippen LogP contribution < -0.4 is 10.5 Å². The molecule has 0 radical (unpaired) electrons. The molecule has 0 aliphatic rings. The van der Waals surface area contributed by atoms with Gasteiger partial charge in [0.15, 0.2) is 0 Å². The molecule has 2 N–H and O–H groups in total. The van der Waals surface area contributed by atoms with Gasteiger partial charge in [0.25, 0.3) is 0 Å². The van der Waals surface area contributed by atoms with E-state index < -0.39 is 5.97 Å². The van der Waals surface area contributed by atoms with Crippen molar-refractivity contribution < 1.29 is 14.3 Å². The number of ether oxygens (including phenoxy) is 2. The predicted octanol–water partition coefficient (Wildman–Crippen LogP) is 2.63. The average molecular weight is 257 g/mol. The van der Waals surface area contributed by atoms with Crippen LogP contribution in [0.25, 0.3) is 0 Å². The highest BCUT2D eigenvalue weighted by molar-refractivity contribution is 5.95. The first-order chi connectivity index (χ1) is 9.20. The van der Waals surface area contributed by atoms with Gasteiger partial charge in [-0.3, -0.25) is 0 Å². The lowest BCUT2D eigenvalue weighted by Gasteiger charge is -2.08. The summed E-state index contributed by atoms with van der Waals surface area (Å²) in [5, 5.41) is 0. The lowest BCUT2D eigenvalue weighted by Crippen LogP contribution is -2.08. The van der Waals surface area contributed by atoms with E-state index in [-0.39, 0.29) is 6.61 Å². The lowest BCUT2D eigenvalue weighted by molar-refractivity contribution is 0.0474. The van der Waals surface area contributed by atoms with E-state index in [0.29, 0.717) is 17.0 Å². The number of hydrogen-bond donors (Lipinski definition) is 1. The standard InChI is InChI=1S/C15H15NO3/c1-18-12-7-8-13(14(16)9-12)15(17)19-10-11-5-3-2-4-6-11/h2-9H,10,16H2,1H3. The van der Waals surface area contributed by atoms with Crippen molar-refractivity contribution in [2.24, 2.45) is 0 Å². The van der Waals surface area contributed by atoms with Crippen molar-refractivity contribution in [2.75, 3.05) is 12.8 Å². The molecule has 0 bridgehead atoms. The summed E-state index contributed by atoms with van der Waals surface area (Å²) in [7, 11) is 1.54. The summed E-state index contributed by atoms with van der Waals surface area (Å²) in [6, 6.07) is 14.4. The number of anilines is 1. The molecular formula is C15H15NO3. The molecule has 0 saturated heterocycles. The van der Waals surface area contributed by atoms with Crippen molar-refractivity contribution in [2.45, 2.75) is 6.61 Å². The van der Waals surface area contributed by atoms with E-state index in [1.165, 1.54) is 0 Å². The van der Waals surface area contributed by atoms with E-state index in [1.807, 2.05) is 30.3 Å². The third-order valence-electron chi connectivity index (χ3n) is 2.69. The Kier molecular flexibility index (Phi) is 4.03. The smallest absolute Gasteiger partial charge is 0.340 e. The normalized spacial score (nSPS) is 9.95. The Morgan fingerprint density at radius 2 is 1.89 bits per heavy atom. The Labute approximate surface area is 111 Å². The lowest BCUT2D eigenvalue weighted by atomic mass is 10.1. The number of nitrogen functional groups attached to an aromatic ring is 1. The van der Waals surface area contributed by atoms with E-state index in [4.69, 9.17) is 15.2 Å². The van der Waals surface area contributed by atoms with Crippen molar-refractivity contribution in [3.05, 3.63) is 59.7 Å². The van der Waals surface area contributed by atoms with Gasteiger partial charge in [0.1, 0.15) is 12.4 Å². The Morgan fingerprint density at radius 3 is 2.53 bits per heavy atom. The van der Waals surface area contributed by atoms with Gasteiger partial charge in [-0.05, 0) is 17.7 Å². The Bertz CT molecular complexity index is 567. The van der Waals surface area contributed by atoms with Crippen LogP contribution in [0, 0.1) is 0 Å². The fourth-order valence-electron chi connectivity index (χ4n) is 1.65. The molecule has 2 rings (SSSR count). The molecule has 2 aromatic carbocycles. The number of methoxy groups -OCH3 is 1. The van der Waals surface area contributed by atoms with E-state index in [1.54, 1.807) is 25.3 Å². The second kappa shape index (κ2) is 5.91. The van der Waals surface area contributed by atoms with Crippen LogP contribution in [-0.2, 0) is 11.3 Å². The van der Waals surface area contributed by atoms with Crippen LogP contribution in [-0.4, -0.2) is 13.1 Å². The molecule has 0 heterocycles. The number of nitrogens with two attached hydrogens (primary N) is 1. The van der Waals surface area contributed by atoms with Crippen LogP contribution in [0.3, 0.4) is 0 Å². The van der Waals surface area contributed by atoms with Gasteiger partial charge in [-0.15, -0.1) is 0 Å². The van der Waals surface area contributed by atoms with Crippen molar-refractivity contribution in [3.8, 4) is 5.75 Å². The fourth-order valence-corrected chi connectivity index (χ4v) is 1.65. The first kappa shape index (κ1) is 13.0. The highest BCUT2D eigenvalue weighted by atomic mass is 16.5. The molecule has 19 heavy (non-hydrogen) atoms. The second-order valence-electron chi connectivity index (χ2n) is 4.01. The van der Waals surface area contributed by atoms with Crippen LogP contribution in [0.5, 0.6) is 5.75 Å². The molecule has 98 valence electrons. The van der Waals surface area contributed by atoms with Gasteiger partial charge in [0, 0.05) is 11.8 Å². The van der Waals surface area contributed by atoms with Crippen molar-refractivity contribution >= 4 is 11.7 Å².